The van der Waals surface area contributed by atoms with Gasteiger partial charge in [0.25, 0.3) is 0 Å². The van der Waals surface area contributed by atoms with Gasteiger partial charge in [0.2, 0.25) is 17.7 Å². The summed E-state index contributed by atoms with van der Waals surface area (Å²) in [6.45, 7) is 12.1. The minimum Gasteiger partial charge on any atom is -0.462 e. The topological polar surface area (TPSA) is 181 Å². The fraction of sp³-hybridized carbons (Fsp3) is 0.491. The van der Waals surface area contributed by atoms with Crippen molar-refractivity contribution >= 4 is 56.6 Å². The van der Waals surface area contributed by atoms with E-state index in [0.29, 0.717) is 48.3 Å². The molecular weight excluding hydrogens is 970 g/mol. The van der Waals surface area contributed by atoms with E-state index in [1.54, 1.807) is 17.5 Å². The third-order valence-corrected chi connectivity index (χ3v) is 17.4. The van der Waals surface area contributed by atoms with Gasteiger partial charge in [0, 0.05) is 81.0 Å². The Hall–Kier alpha value is -6.18. The van der Waals surface area contributed by atoms with Crippen LogP contribution in [0.2, 0.25) is 0 Å². The van der Waals surface area contributed by atoms with Crippen LogP contribution in [-0.2, 0) is 20.9 Å². The molecule has 3 amide bonds. The number of ether oxygens (including phenoxy) is 1. The number of benzene rings is 3. The van der Waals surface area contributed by atoms with Crippen LogP contribution in [0, 0.1) is 24.1 Å². The Morgan fingerprint density at radius 2 is 1.64 bits per heavy atom. The number of aliphatic hydroxyl groups excluding tert-OH is 1. The summed E-state index contributed by atoms with van der Waals surface area (Å²) in [6.07, 6.45) is 5.28. The largest absolute Gasteiger partial charge is 0.462 e. The predicted octanol–water partition coefficient (Wildman–Crippen LogP) is 6.33. The van der Waals surface area contributed by atoms with Crippen molar-refractivity contribution < 1.29 is 28.6 Å². The van der Waals surface area contributed by atoms with Gasteiger partial charge in [0.05, 0.1) is 27.6 Å². The Labute approximate surface area is 441 Å². The molecule has 5 aliphatic heterocycles. The molecule has 3 aromatic carbocycles. The second-order valence-electron chi connectivity index (χ2n) is 22.6. The summed E-state index contributed by atoms with van der Waals surface area (Å²) in [5, 5.41) is 23.1. The molecule has 2 bridgehead atoms. The van der Waals surface area contributed by atoms with Crippen molar-refractivity contribution in [3.8, 4) is 27.7 Å². The van der Waals surface area contributed by atoms with Gasteiger partial charge < -0.3 is 35.6 Å². The number of aromatic nitrogens is 4. The number of hydrogen-bond acceptors (Lipinski definition) is 14. The lowest BCUT2D eigenvalue weighted by molar-refractivity contribution is -0.144. The quantitative estimate of drug-likeness (QED) is 0.101. The van der Waals surface area contributed by atoms with Crippen molar-refractivity contribution in [3.63, 3.8) is 0 Å². The molecule has 75 heavy (non-hydrogen) atoms. The summed E-state index contributed by atoms with van der Waals surface area (Å²) in [7, 11) is 2.10. The molecule has 5 aliphatic rings. The van der Waals surface area contributed by atoms with Crippen LogP contribution in [0.25, 0.3) is 43.4 Å². The third-order valence-electron chi connectivity index (χ3n) is 16.4. The van der Waals surface area contributed by atoms with Crippen molar-refractivity contribution in [1.82, 2.24) is 50.6 Å². The number of anilines is 1. The minimum atomic E-state index is -0.898. The average molecular weight is 1040 g/mol. The van der Waals surface area contributed by atoms with Crippen LogP contribution >= 0.6 is 11.3 Å². The molecule has 394 valence electrons. The molecule has 5 fully saturated rings. The smallest absolute Gasteiger partial charge is 0.319 e. The Kier molecular flexibility index (Phi) is 14.3. The second-order valence-corrected chi connectivity index (χ2v) is 23.4. The molecule has 6 aromatic rings. The van der Waals surface area contributed by atoms with Gasteiger partial charge in [-0.25, -0.2) is 9.37 Å². The number of nitrogens with one attached hydrogen (secondary N) is 3. The number of aliphatic hydroxyl groups is 1. The molecule has 11 rings (SSSR count). The number of aryl methyl sites for hydroxylation is 1. The molecule has 0 radical (unpaired) electrons. The standard InChI is InChI=1S/C57H68FN11O5S/c1-33-50(75-32-61-33)36-15-13-34(14-16-36)25-60-54(72)46-24-42(70)30-69(46)55(73)51(57(2,3)4)64-53(71)37-19-21-67(22-20-37)40-23-41(66(5)29-40)31-74-56-63-49-45(52(65-56)68-27-38-17-18-39(28-68)62-38)26-59-48(47(49)58)44-12-8-10-35-9-6-7-11-43(35)44/h6-16,26,32,37-42,46,51,62,70H,17-25,27-31H2,1-5H3,(H,60,72)(H,64,71)/t38?,39?,40-,41-,42+,46-,51?/m0/s1. The minimum absolute atomic E-state index is 0.0137. The molecule has 3 aromatic heterocycles. The SMILES string of the molecule is Cc1ncsc1-c1ccc(CNC(=O)[C@@H]2C[C@@H](O)CN2C(=O)C(NC(=O)C2CCN([C@H]3C[C@@H](COc4nc(N5CC6CCC(C5)N6)c5cnc(-c6cccc7ccccc67)c(F)c5n4)N(C)C3)CC2)C(C)(C)C)cc1. The number of piperidine rings is 1. The summed E-state index contributed by atoms with van der Waals surface area (Å²) in [5.74, 6) is -1.02. The number of fused-ring (bicyclic) bond motifs is 4. The van der Waals surface area contributed by atoms with Crippen LogP contribution in [0.4, 0.5) is 10.2 Å². The fourth-order valence-corrected chi connectivity index (χ4v) is 13.0. The van der Waals surface area contributed by atoms with E-state index in [2.05, 4.69) is 42.7 Å². The molecule has 0 spiro atoms. The maximum absolute atomic E-state index is 17.0. The first-order chi connectivity index (χ1) is 36.1. The Balaban J connectivity index is 0.712. The highest BCUT2D eigenvalue weighted by molar-refractivity contribution is 7.13. The number of likely N-dealkylation sites (tertiary alicyclic amines) is 3. The van der Waals surface area contributed by atoms with Crippen molar-refractivity contribution in [2.45, 2.75) is 115 Å². The summed E-state index contributed by atoms with van der Waals surface area (Å²) in [5.41, 5.74) is 5.24. The van der Waals surface area contributed by atoms with Gasteiger partial charge in [-0.3, -0.25) is 29.2 Å². The van der Waals surface area contributed by atoms with Crippen molar-refractivity contribution in [2.75, 3.05) is 57.8 Å². The molecular formula is C57H68FN11O5S. The number of likely N-dealkylation sites (N-methyl/N-ethyl adjacent to an activating group) is 1. The zero-order valence-electron chi connectivity index (χ0n) is 43.5. The molecule has 0 aliphatic carbocycles. The van der Waals surface area contributed by atoms with Crippen LogP contribution in [-0.4, -0.2) is 153 Å². The van der Waals surface area contributed by atoms with Gasteiger partial charge in [-0.05, 0) is 86.5 Å². The van der Waals surface area contributed by atoms with E-state index in [0.717, 1.165) is 84.5 Å². The van der Waals surface area contributed by atoms with Crippen LogP contribution in [0.1, 0.15) is 70.6 Å². The van der Waals surface area contributed by atoms with E-state index < -0.39 is 29.4 Å². The number of thiazole rings is 1. The molecule has 16 nitrogen and oxygen atoms in total. The van der Waals surface area contributed by atoms with Crippen molar-refractivity contribution in [3.05, 3.63) is 95.5 Å². The summed E-state index contributed by atoms with van der Waals surface area (Å²) in [6, 6.07) is 21.1. The van der Waals surface area contributed by atoms with Gasteiger partial charge in [-0.1, -0.05) is 87.5 Å². The monoisotopic (exact) mass is 1040 g/mol. The number of carbonyl (C=O) groups excluding carboxylic acids is 3. The van der Waals surface area contributed by atoms with Crippen LogP contribution < -0.4 is 25.6 Å². The molecule has 4 N–H and O–H groups in total. The van der Waals surface area contributed by atoms with E-state index in [1.807, 2.05) is 99.9 Å². The molecule has 7 atom stereocenters. The lowest BCUT2D eigenvalue weighted by Gasteiger charge is -2.38. The number of nitrogens with zero attached hydrogens (tertiary/aromatic N) is 8. The summed E-state index contributed by atoms with van der Waals surface area (Å²) in [4.78, 5) is 70.5. The Morgan fingerprint density at radius 3 is 2.37 bits per heavy atom. The van der Waals surface area contributed by atoms with Gasteiger partial charge in [-0.2, -0.15) is 9.97 Å². The number of carbonyl (C=O) groups is 3. The molecule has 5 saturated heterocycles. The first-order valence-corrected chi connectivity index (χ1v) is 27.5. The van der Waals surface area contributed by atoms with Crippen LogP contribution in [0.15, 0.2) is 78.4 Å². The van der Waals surface area contributed by atoms with E-state index in [1.165, 1.54) is 4.90 Å². The van der Waals surface area contributed by atoms with E-state index in [-0.39, 0.29) is 72.5 Å². The average Bonchev–Trinajstić information content (AvgIpc) is 4.21. The van der Waals surface area contributed by atoms with Gasteiger partial charge >= 0.3 is 6.01 Å². The Morgan fingerprint density at radius 1 is 0.893 bits per heavy atom. The molecule has 8 heterocycles. The van der Waals surface area contributed by atoms with Crippen molar-refractivity contribution in [1.29, 1.82) is 0 Å². The highest BCUT2D eigenvalue weighted by Crippen LogP contribution is 2.37. The zero-order chi connectivity index (χ0) is 52.1. The highest BCUT2D eigenvalue weighted by Gasteiger charge is 2.46. The lowest BCUT2D eigenvalue weighted by Crippen LogP contribution is -2.59. The number of hydrogen-bond donors (Lipinski definition) is 4. The first-order valence-electron chi connectivity index (χ1n) is 26.6. The lowest BCUT2D eigenvalue weighted by atomic mass is 9.84. The first kappa shape index (κ1) is 51.0. The van der Waals surface area contributed by atoms with Gasteiger partial charge in [-0.15, -0.1) is 11.3 Å². The summed E-state index contributed by atoms with van der Waals surface area (Å²) >= 11 is 1.58. The molecule has 18 heteroatoms. The molecule has 0 saturated carbocycles. The number of halogens is 1. The van der Waals surface area contributed by atoms with E-state index >= 15 is 4.39 Å². The highest BCUT2D eigenvalue weighted by atomic mass is 32.1. The fourth-order valence-electron chi connectivity index (χ4n) is 12.2. The van der Waals surface area contributed by atoms with Gasteiger partial charge in [0.1, 0.15) is 35.7 Å². The number of β-amino-alcohol motifs (C(OH)–C–C–N with tert-alkyl or cyclic N) is 1. The van der Waals surface area contributed by atoms with Crippen LogP contribution in [0.5, 0.6) is 6.01 Å². The van der Waals surface area contributed by atoms with Gasteiger partial charge in [0.15, 0.2) is 5.82 Å². The molecule has 3 unspecified atom stereocenters. The number of piperazine rings is 1. The number of rotatable bonds is 13. The summed E-state index contributed by atoms with van der Waals surface area (Å²) < 4.78 is 23.5. The van der Waals surface area contributed by atoms with Crippen LogP contribution in [0.3, 0.4) is 0 Å². The number of pyridine rings is 1. The maximum atomic E-state index is 17.0. The predicted molar refractivity (Wildman–Crippen MR) is 289 cm³/mol. The normalized spacial score (nSPS) is 24.0. The number of amides is 3. The van der Waals surface area contributed by atoms with E-state index in [4.69, 9.17) is 19.7 Å². The maximum Gasteiger partial charge on any atom is 0.319 e. The second kappa shape index (κ2) is 21.1. The zero-order valence-corrected chi connectivity index (χ0v) is 44.3. The third kappa shape index (κ3) is 10.6. The van der Waals surface area contributed by atoms with E-state index in [9.17, 15) is 19.5 Å². The Bertz CT molecular complexity index is 3070. The van der Waals surface area contributed by atoms with Crippen molar-refractivity contribution in [2.24, 2.45) is 11.3 Å².